The number of aryl methyl sites for hydroxylation is 2. The number of carbonyl (C=O) groups excluding carboxylic acids is 1. The Hall–Kier alpha value is -1.35. The zero-order chi connectivity index (χ0) is 20.0. The summed E-state index contributed by atoms with van der Waals surface area (Å²) in [6.45, 7) is 2.28. The van der Waals surface area contributed by atoms with Gasteiger partial charge < -0.3 is 0 Å². The average Bonchev–Trinajstić information content (AvgIpc) is 2.48. The number of rotatable bonds is 2. The molecule has 26 heavy (non-hydrogen) atoms. The minimum absolute atomic E-state index is 0.234. The molecule has 0 spiro atoms. The largest absolute Gasteiger partial charge is 0.417 e. The fourth-order valence-electron chi connectivity index (χ4n) is 2.66. The molecule has 0 atom stereocenters. The molecule has 2 rings (SSSR count). The lowest BCUT2D eigenvalue weighted by molar-refractivity contribution is -0.138. The first-order valence-corrected chi connectivity index (χ1v) is 8.62. The van der Waals surface area contributed by atoms with Gasteiger partial charge in [0.05, 0.1) is 11.1 Å². The van der Waals surface area contributed by atoms with Crippen LogP contribution in [-0.4, -0.2) is 5.78 Å². The van der Waals surface area contributed by atoms with E-state index in [1.54, 1.807) is 0 Å². The summed E-state index contributed by atoms with van der Waals surface area (Å²) in [7, 11) is 0. The number of ketones is 1. The van der Waals surface area contributed by atoms with Gasteiger partial charge >= 0.3 is 12.4 Å². The molecule has 0 heterocycles. The topological polar surface area (TPSA) is 17.1 Å². The lowest BCUT2D eigenvalue weighted by Crippen LogP contribution is -2.21. The highest BCUT2D eigenvalue weighted by Gasteiger charge is 2.42. The number of halogens is 8. The van der Waals surface area contributed by atoms with E-state index in [0.717, 1.165) is 26.0 Å². The van der Waals surface area contributed by atoms with Crippen molar-refractivity contribution in [1.29, 1.82) is 0 Å². The Kier molecular flexibility index (Phi) is 5.64. The highest BCUT2D eigenvalue weighted by atomic mass is 79.9. The number of carbonyl (C=O) groups is 1. The molecule has 2 aromatic rings. The van der Waals surface area contributed by atoms with Gasteiger partial charge in [0.2, 0.25) is 0 Å². The second-order valence-electron chi connectivity index (χ2n) is 5.55. The Balaban J connectivity index is 2.90. The first kappa shape index (κ1) is 21.0. The second kappa shape index (κ2) is 6.99. The zero-order valence-corrected chi connectivity index (χ0v) is 16.4. The molecule has 0 fully saturated rings. The van der Waals surface area contributed by atoms with Crippen LogP contribution < -0.4 is 0 Å². The van der Waals surface area contributed by atoms with Crippen molar-refractivity contribution in [3.63, 3.8) is 0 Å². The van der Waals surface area contributed by atoms with Crippen LogP contribution in [0.4, 0.5) is 26.3 Å². The number of hydrogen-bond donors (Lipinski definition) is 0. The van der Waals surface area contributed by atoms with E-state index in [2.05, 4.69) is 31.9 Å². The molecule has 0 amide bonds. The minimum atomic E-state index is -4.91. The average molecular weight is 504 g/mol. The maximum absolute atomic E-state index is 13.5. The van der Waals surface area contributed by atoms with E-state index in [1.165, 1.54) is 12.1 Å². The van der Waals surface area contributed by atoms with E-state index in [-0.39, 0.29) is 20.1 Å². The van der Waals surface area contributed by atoms with Gasteiger partial charge in [-0.3, -0.25) is 4.79 Å². The zero-order valence-electron chi connectivity index (χ0n) is 13.2. The van der Waals surface area contributed by atoms with Crippen LogP contribution in [0.3, 0.4) is 0 Å². The van der Waals surface area contributed by atoms with Crippen LogP contribution in [0.2, 0.25) is 0 Å². The quantitative estimate of drug-likeness (QED) is 0.315. The van der Waals surface area contributed by atoms with Gasteiger partial charge in [-0.25, -0.2) is 0 Å². The van der Waals surface area contributed by atoms with E-state index < -0.39 is 40.4 Å². The van der Waals surface area contributed by atoms with Crippen molar-refractivity contribution in [2.75, 3.05) is 0 Å². The molecule has 0 saturated heterocycles. The van der Waals surface area contributed by atoms with Gasteiger partial charge in [0.25, 0.3) is 0 Å². The summed E-state index contributed by atoms with van der Waals surface area (Å²) in [5, 5.41) is 0. The number of alkyl halides is 6. The summed E-state index contributed by atoms with van der Waals surface area (Å²) in [5.74, 6) is -1.37. The molecule has 0 N–H and O–H groups in total. The molecule has 0 unspecified atom stereocenters. The summed E-state index contributed by atoms with van der Waals surface area (Å²) < 4.78 is 80.4. The van der Waals surface area contributed by atoms with Crippen LogP contribution in [-0.2, 0) is 12.4 Å². The monoisotopic (exact) mass is 502 g/mol. The molecule has 0 aliphatic rings. The van der Waals surface area contributed by atoms with Gasteiger partial charge in [-0.1, -0.05) is 44.0 Å². The molecule has 0 radical (unpaired) electrons. The van der Waals surface area contributed by atoms with Crippen LogP contribution in [0, 0.1) is 13.8 Å². The summed E-state index contributed by atoms with van der Waals surface area (Å²) >= 11 is 5.74. The number of hydrogen-bond acceptors (Lipinski definition) is 1. The van der Waals surface area contributed by atoms with Crippen molar-refractivity contribution < 1.29 is 31.1 Å². The lowest BCUT2D eigenvalue weighted by Gasteiger charge is -2.20. The maximum Gasteiger partial charge on any atom is 0.417 e. The van der Waals surface area contributed by atoms with E-state index in [0.29, 0.717) is 0 Å². The molecule has 1 nitrogen and oxygen atoms in total. The molecule has 2 aromatic carbocycles. The van der Waals surface area contributed by atoms with E-state index in [9.17, 15) is 31.1 Å². The molecule has 0 aliphatic carbocycles. The van der Waals surface area contributed by atoms with Crippen LogP contribution >= 0.6 is 31.9 Å². The fourth-order valence-corrected chi connectivity index (χ4v) is 3.68. The second-order valence-corrected chi connectivity index (χ2v) is 7.26. The number of benzene rings is 2. The molecule has 0 aliphatic heterocycles. The summed E-state index contributed by atoms with van der Waals surface area (Å²) in [4.78, 5) is 12.9. The van der Waals surface area contributed by atoms with Gasteiger partial charge in [0.15, 0.2) is 5.78 Å². The van der Waals surface area contributed by atoms with E-state index in [4.69, 9.17) is 0 Å². The van der Waals surface area contributed by atoms with Gasteiger partial charge in [-0.2, -0.15) is 26.3 Å². The third kappa shape index (κ3) is 3.83. The Labute approximate surface area is 161 Å². The van der Waals surface area contributed by atoms with Crippen molar-refractivity contribution in [2.45, 2.75) is 26.2 Å². The van der Waals surface area contributed by atoms with Crippen LogP contribution in [0.1, 0.15) is 38.2 Å². The molecule has 0 saturated carbocycles. The Morgan fingerprint density at radius 2 is 1.04 bits per heavy atom. The Bertz CT molecular complexity index is 813. The van der Waals surface area contributed by atoms with Crippen molar-refractivity contribution in [3.8, 4) is 0 Å². The highest BCUT2D eigenvalue weighted by molar-refractivity contribution is 9.11. The van der Waals surface area contributed by atoms with Gasteiger partial charge in [0.1, 0.15) is 0 Å². The first-order chi connectivity index (χ1) is 11.8. The third-order valence-electron chi connectivity index (χ3n) is 3.75. The lowest BCUT2D eigenvalue weighted by atomic mass is 9.90. The van der Waals surface area contributed by atoms with Crippen molar-refractivity contribution in [1.82, 2.24) is 0 Å². The van der Waals surface area contributed by atoms with E-state index in [1.807, 2.05) is 0 Å². The molecule has 0 bridgehead atoms. The molecular weight excluding hydrogens is 494 g/mol. The maximum atomic E-state index is 13.5. The van der Waals surface area contributed by atoms with Crippen LogP contribution in [0.25, 0.3) is 0 Å². The predicted molar refractivity (Wildman–Crippen MR) is 91.2 cm³/mol. The third-order valence-corrected chi connectivity index (χ3v) is 5.07. The van der Waals surface area contributed by atoms with Crippen LogP contribution in [0.15, 0.2) is 33.2 Å². The normalized spacial score (nSPS) is 12.4. The first-order valence-electron chi connectivity index (χ1n) is 7.04. The standard InChI is InChI=1S/C17H10Br2F6O/c1-7-3-5-9(18)11(13(7)16(20,21)22)15(26)12-10(19)6-4-8(2)14(12)17(23,24)25/h3-6H,1-2H3. The Morgan fingerprint density at radius 3 is 1.31 bits per heavy atom. The predicted octanol–water partition coefficient (Wildman–Crippen LogP) is 7.10. The van der Waals surface area contributed by atoms with E-state index >= 15 is 0 Å². The van der Waals surface area contributed by atoms with Crippen LogP contribution in [0.5, 0.6) is 0 Å². The summed E-state index contributed by atoms with van der Waals surface area (Å²) in [6, 6.07) is 4.68. The summed E-state index contributed by atoms with van der Waals surface area (Å²) in [6.07, 6.45) is -9.82. The molecule has 0 aromatic heterocycles. The van der Waals surface area contributed by atoms with Gasteiger partial charge in [-0.05, 0) is 37.1 Å². The smallest absolute Gasteiger partial charge is 0.288 e. The molecule has 140 valence electrons. The van der Waals surface area contributed by atoms with Gasteiger partial charge in [0, 0.05) is 20.1 Å². The van der Waals surface area contributed by atoms with Crippen molar-refractivity contribution in [3.05, 3.63) is 66.6 Å². The minimum Gasteiger partial charge on any atom is -0.288 e. The van der Waals surface area contributed by atoms with Crippen molar-refractivity contribution in [2.24, 2.45) is 0 Å². The summed E-state index contributed by atoms with van der Waals surface area (Å²) in [5.41, 5.74) is -4.76. The van der Waals surface area contributed by atoms with Crippen molar-refractivity contribution >= 4 is 37.6 Å². The Morgan fingerprint density at radius 1 is 0.731 bits per heavy atom. The highest BCUT2D eigenvalue weighted by Crippen LogP contribution is 2.43. The molecule has 9 heteroatoms. The SMILES string of the molecule is Cc1ccc(Br)c(C(=O)c2c(Br)ccc(C)c2C(F)(F)F)c1C(F)(F)F. The molecular formula is C17H10Br2F6O. The van der Waals surface area contributed by atoms with Gasteiger partial charge in [-0.15, -0.1) is 0 Å². The fraction of sp³-hybridized carbons (Fsp3) is 0.235.